The van der Waals surface area contributed by atoms with Crippen molar-refractivity contribution >= 4 is 34.7 Å². The Bertz CT molecular complexity index is 3000. The normalized spacial score (nSPS) is 46.6. The smallest absolute Gasteiger partial charge is 0.393 e. The molecule has 12 rings (SSSR count). The molecule has 0 aromatic rings. The number of allylic oxidation sites excluding steroid dienone is 12. The molecule has 8 N–H and O–H groups in total. The van der Waals surface area contributed by atoms with E-state index < -0.39 is 113 Å². The summed E-state index contributed by atoms with van der Waals surface area (Å²) in [6.07, 6.45) is 21.3. The van der Waals surface area contributed by atoms with Crippen LogP contribution in [0.5, 0.6) is 0 Å². The van der Waals surface area contributed by atoms with Crippen LogP contribution in [0.25, 0.3) is 0 Å². The van der Waals surface area contributed by atoms with Crippen molar-refractivity contribution in [2.45, 2.75) is 238 Å². The van der Waals surface area contributed by atoms with E-state index in [0.29, 0.717) is 44.9 Å². The van der Waals surface area contributed by atoms with E-state index in [4.69, 9.17) is 18.9 Å². The molecule has 89 heavy (non-hydrogen) atoms. The van der Waals surface area contributed by atoms with Crippen LogP contribution in [-0.4, -0.2) is 161 Å². The van der Waals surface area contributed by atoms with Crippen molar-refractivity contribution in [3.05, 3.63) is 71.4 Å². The number of aliphatic hydroxyl groups excluding tert-OH is 7. The monoisotopic (exact) mass is 1240 g/mol. The molecule has 7 saturated carbocycles. The summed E-state index contributed by atoms with van der Waals surface area (Å²) in [6.45, 7) is 17.3. The van der Waals surface area contributed by atoms with Crippen LogP contribution in [0.4, 0.5) is 0 Å². The number of ketones is 6. The van der Waals surface area contributed by atoms with Crippen molar-refractivity contribution in [1.82, 2.24) is 0 Å². The second-order valence-electron chi connectivity index (χ2n) is 30.3. The maximum absolute atomic E-state index is 13.2. The number of carbonyl (C=O) groups excluding carboxylic acids is 6. The minimum absolute atomic E-state index is 0. The van der Waals surface area contributed by atoms with E-state index in [1.807, 2.05) is 45.9 Å². The lowest BCUT2D eigenvalue weighted by molar-refractivity contribution is -0.202. The van der Waals surface area contributed by atoms with Crippen LogP contribution in [-0.2, 0) is 47.7 Å². The van der Waals surface area contributed by atoms with Gasteiger partial charge >= 0.3 is 2.85 Å². The van der Waals surface area contributed by atoms with Gasteiger partial charge in [-0.15, -0.1) is 0 Å². The summed E-state index contributed by atoms with van der Waals surface area (Å²) in [5.74, 6) is -1.12. The first kappa shape index (κ1) is 67.9. The first-order chi connectivity index (χ1) is 41.8. The molecule has 2 aliphatic heterocycles. The van der Waals surface area contributed by atoms with Crippen molar-refractivity contribution in [1.29, 1.82) is 0 Å². The molecule has 0 amide bonds. The lowest BCUT2D eigenvalue weighted by Crippen LogP contribution is -2.65. The third-order valence-electron chi connectivity index (χ3n) is 25.4. The number of fused-ring (bicyclic) bond motifs is 13. The fourth-order valence-corrected chi connectivity index (χ4v) is 21.5. The summed E-state index contributed by atoms with van der Waals surface area (Å²) in [6, 6.07) is 0. The van der Waals surface area contributed by atoms with Crippen LogP contribution in [0.3, 0.4) is 0 Å². The molecule has 12 aliphatic rings. The number of hydrogen-bond acceptors (Lipinski definition) is 18. The zero-order chi connectivity index (χ0) is 65.0. The first-order valence-corrected chi connectivity index (χ1v) is 33.2. The summed E-state index contributed by atoms with van der Waals surface area (Å²) in [5.41, 5.74) is -4.83. The third kappa shape index (κ3) is 10.4. The molecule has 2 heterocycles. The summed E-state index contributed by atoms with van der Waals surface area (Å²) in [4.78, 5) is 74.5. The zero-order valence-electron chi connectivity index (χ0n) is 56.0. The molecule has 18 nitrogen and oxygen atoms in total. The number of aliphatic hydroxyl groups is 8. The van der Waals surface area contributed by atoms with Gasteiger partial charge in [0.25, 0.3) is 0 Å². The average Bonchev–Trinajstić information content (AvgIpc) is 1.58. The highest BCUT2D eigenvalue weighted by Gasteiger charge is 2.76. The maximum atomic E-state index is 13.2. The van der Waals surface area contributed by atoms with Gasteiger partial charge in [-0.2, -0.15) is 0 Å². The van der Waals surface area contributed by atoms with Crippen molar-refractivity contribution < 1.29 is 91.4 Å². The lowest BCUT2D eigenvalue weighted by Gasteiger charge is -2.59. The number of Topliss-reactive ketones (excluding diaryl/α,β-unsaturated/α-hetero) is 3. The second-order valence-corrected chi connectivity index (χ2v) is 30.3. The largest absolute Gasteiger partial charge is 1.00 e. The van der Waals surface area contributed by atoms with Crippen LogP contribution < -0.4 is 0 Å². The molecular formula is C71H102O18+2. The lowest BCUT2D eigenvalue weighted by atomic mass is 9.46. The van der Waals surface area contributed by atoms with Crippen molar-refractivity contribution in [3.63, 3.8) is 0 Å². The molecule has 0 aromatic carbocycles. The van der Waals surface area contributed by atoms with E-state index in [2.05, 4.69) is 27.7 Å². The van der Waals surface area contributed by atoms with Crippen LogP contribution in [0.15, 0.2) is 71.4 Å². The van der Waals surface area contributed by atoms with Crippen molar-refractivity contribution in [2.24, 2.45) is 73.9 Å². The van der Waals surface area contributed by atoms with Gasteiger partial charge in [-0.25, -0.2) is 0 Å². The third-order valence-corrected chi connectivity index (χ3v) is 25.4. The number of hydrogen-bond donors (Lipinski definition) is 8. The fraction of sp³-hybridized carbons (Fsp3) is 0.746. The first-order valence-electron chi connectivity index (χ1n) is 33.2. The van der Waals surface area contributed by atoms with E-state index in [1.54, 1.807) is 43.4 Å². The highest BCUT2D eigenvalue weighted by molar-refractivity contribution is 6.02. The minimum Gasteiger partial charge on any atom is -0.393 e. The highest BCUT2D eigenvalue weighted by Crippen LogP contribution is 2.70. The summed E-state index contributed by atoms with van der Waals surface area (Å²) in [7, 11) is 0. The Labute approximate surface area is 527 Å². The molecule has 0 bridgehead atoms. The Morgan fingerprint density at radius 1 is 0.618 bits per heavy atom. The van der Waals surface area contributed by atoms with Crippen LogP contribution in [0.2, 0.25) is 0 Å². The Balaban J connectivity index is 0.000000175. The number of ether oxygens (including phenoxy) is 4. The van der Waals surface area contributed by atoms with Gasteiger partial charge in [0.05, 0.1) is 36.6 Å². The van der Waals surface area contributed by atoms with Crippen LogP contribution >= 0.6 is 0 Å². The highest BCUT2D eigenvalue weighted by atomic mass is 16.8. The zero-order valence-corrected chi connectivity index (χ0v) is 54.0. The van der Waals surface area contributed by atoms with Crippen LogP contribution in [0, 0.1) is 73.9 Å². The number of carbonyl (C=O) groups is 6. The van der Waals surface area contributed by atoms with Gasteiger partial charge in [0.1, 0.15) is 19.8 Å². The number of rotatable bonds is 13. The van der Waals surface area contributed by atoms with Gasteiger partial charge in [0, 0.05) is 50.2 Å². The fourth-order valence-electron chi connectivity index (χ4n) is 21.5. The summed E-state index contributed by atoms with van der Waals surface area (Å²) in [5, 5.41) is 84.6. The Morgan fingerprint density at radius 2 is 1.07 bits per heavy atom. The molecule has 9 fully saturated rings. The van der Waals surface area contributed by atoms with Crippen molar-refractivity contribution in [2.75, 3.05) is 19.8 Å². The Morgan fingerprint density at radius 3 is 1.56 bits per heavy atom. The molecular weight excluding hydrogens is 1140 g/mol. The summed E-state index contributed by atoms with van der Waals surface area (Å²) < 4.78 is 25.1. The van der Waals surface area contributed by atoms with Gasteiger partial charge < -0.3 is 59.8 Å². The van der Waals surface area contributed by atoms with E-state index in [1.165, 1.54) is 6.92 Å². The molecule has 0 spiro atoms. The SMILES string of the molecule is CCCC1O[C@@H]2CC3C4CCC5=CC(=O)C=C[C@]5(C)C4[C@@H](O)C[C@]3(C)[C@]2(C(=O)CO)O1.CCCC1O[C@H](C)[C@](C(=O)CO)([C@]2(C)CC3CCC4=CC(=O)C=C[C@]4(C)C3[C@@H](O)C2)O1.C[C@@H](O)[C@](O)(C(=O)CO)[C@]1(C)CC2CCC3=CC(=O)C=C[C@]3(C)C2[C@@H](O)C1.[H+].[H+]. The molecule has 10 aliphatic carbocycles. The predicted octanol–water partition coefficient (Wildman–Crippen LogP) is 6.97. The molecule has 0 aromatic heterocycles. The van der Waals surface area contributed by atoms with E-state index >= 15 is 0 Å². The molecule has 0 radical (unpaired) electrons. The van der Waals surface area contributed by atoms with E-state index in [9.17, 15) is 69.6 Å². The molecule has 9 unspecified atom stereocenters. The van der Waals surface area contributed by atoms with Gasteiger partial charge in [-0.3, -0.25) is 28.8 Å². The topological polar surface area (TPSA) is 301 Å². The molecule has 18 heteroatoms. The molecule has 24 atom stereocenters. The van der Waals surface area contributed by atoms with Gasteiger partial charge in [-0.1, -0.05) is 103 Å². The Kier molecular flexibility index (Phi) is 18.6. The van der Waals surface area contributed by atoms with E-state index in [-0.39, 0.29) is 90.4 Å². The summed E-state index contributed by atoms with van der Waals surface area (Å²) >= 11 is 0. The molecule has 2 saturated heterocycles. The van der Waals surface area contributed by atoms with Crippen LogP contribution in [0.1, 0.15) is 175 Å². The Hall–Kier alpha value is -4.02. The van der Waals surface area contributed by atoms with Crippen molar-refractivity contribution in [3.8, 4) is 0 Å². The second kappa shape index (κ2) is 24.4. The average molecular weight is 1240 g/mol. The molecule has 492 valence electrons. The van der Waals surface area contributed by atoms with E-state index in [0.717, 1.165) is 68.1 Å². The predicted molar refractivity (Wildman–Crippen MR) is 329 cm³/mol. The quantitative estimate of drug-likeness (QED) is 0.0923. The minimum atomic E-state index is -2.12. The van der Waals surface area contributed by atoms with Gasteiger partial charge in [0.2, 0.25) is 0 Å². The van der Waals surface area contributed by atoms with Gasteiger partial charge in [0.15, 0.2) is 64.1 Å². The van der Waals surface area contributed by atoms with Gasteiger partial charge in [-0.05, 0) is 164 Å². The maximum Gasteiger partial charge on any atom is 1.00 e. The standard InChI is InChI=1S/C25H34O6.C25H36O6.C21H30O6/c1-4-5-21-30-20-11-17-16-7-6-14-10-15(27)8-9-23(14,2)22(16)18(28)12-24(17,3)25(20,31-21)19(29)13-26;1-5-6-21-30-15(2)25(31-21,20(29)14-26)23(3)12-16-7-8-17-11-18(27)9-10-24(17,4)22(16)19(28)13-23;1-12(23)21(27,17(26)11-22)19(2)9-13-4-5-14-8-15(24)6-7-20(14,3)18(13)16(25)10-19/h8-10,16-18,20-22,26,28H,4-7,11-13H2,1-3H3;9-11,15-16,19,21-22,26,28H,5-8,12-14H2,1-4H3;6-8,12-13,16,18,22-23,25,27H,4-5,9-11H2,1-3H3/p+2/t16?,17?,18-,20+,21?,22?,23-,24-,25+;15-,16?,19+,21?,22?,23-,24+,25+;12-,13?,16+,18?,19-,20+,21+/m011/s1.